The summed E-state index contributed by atoms with van der Waals surface area (Å²) in [5.74, 6) is -1.04. The highest BCUT2D eigenvalue weighted by atomic mass is 16.6. The van der Waals surface area contributed by atoms with E-state index in [2.05, 4.69) is 4.74 Å². The Balaban J connectivity index is 3.06. The Bertz CT molecular complexity index is 219. The minimum absolute atomic E-state index is 0.127. The van der Waals surface area contributed by atoms with E-state index in [9.17, 15) is 4.79 Å². The van der Waals surface area contributed by atoms with Crippen LogP contribution >= 0.6 is 0 Å². The van der Waals surface area contributed by atoms with Crippen LogP contribution in [-0.4, -0.2) is 11.6 Å². The predicted molar refractivity (Wildman–Crippen MR) is 32.6 cm³/mol. The molecule has 10 heavy (non-hydrogen) atoms. The van der Waals surface area contributed by atoms with Crippen LogP contribution < -0.4 is 22.9 Å². The Kier molecular flexibility index (Phi) is 1.10. The van der Waals surface area contributed by atoms with Crippen LogP contribution in [0.2, 0.25) is 0 Å². The molecular weight excluding hydrogens is 136 g/mol. The van der Waals surface area contributed by atoms with Crippen molar-refractivity contribution < 1.29 is 9.53 Å². The molecule has 0 amide bonds. The van der Waals surface area contributed by atoms with Crippen LogP contribution in [0.3, 0.4) is 0 Å². The lowest BCUT2D eigenvalue weighted by molar-refractivity contribution is -0.141. The Hall–Kier alpha value is -1.27. The summed E-state index contributed by atoms with van der Waals surface area (Å²) in [5.41, 5.74) is 18.8. The standard InChI is InChI=1S/C4H8N4O2/c5-1-2(6)10-3(9)4(1,7)8/h5-8H2. The molecule has 0 aromatic heterocycles. The minimum atomic E-state index is -1.75. The van der Waals surface area contributed by atoms with Gasteiger partial charge < -0.3 is 16.2 Å². The van der Waals surface area contributed by atoms with Crippen molar-refractivity contribution in [3.63, 3.8) is 0 Å². The number of cyclic esters (lactones) is 1. The number of esters is 1. The molecule has 6 nitrogen and oxygen atoms in total. The van der Waals surface area contributed by atoms with Crippen LogP contribution in [0.25, 0.3) is 0 Å². The van der Waals surface area contributed by atoms with E-state index in [1.807, 2.05) is 0 Å². The molecule has 0 saturated heterocycles. The smallest absolute Gasteiger partial charge is 0.354 e. The van der Waals surface area contributed by atoms with Gasteiger partial charge in [-0.25, -0.2) is 4.79 Å². The number of ether oxygens (including phenoxy) is 1. The lowest BCUT2D eigenvalue weighted by Gasteiger charge is -2.12. The fourth-order valence-electron chi connectivity index (χ4n) is 0.553. The Labute approximate surface area is 56.8 Å². The van der Waals surface area contributed by atoms with Crippen LogP contribution in [-0.2, 0) is 9.53 Å². The van der Waals surface area contributed by atoms with Gasteiger partial charge in [-0.15, -0.1) is 0 Å². The van der Waals surface area contributed by atoms with Gasteiger partial charge in [0, 0.05) is 0 Å². The molecule has 0 radical (unpaired) electrons. The first-order valence-corrected chi connectivity index (χ1v) is 2.52. The van der Waals surface area contributed by atoms with Crippen LogP contribution in [0.15, 0.2) is 11.6 Å². The fourth-order valence-corrected chi connectivity index (χ4v) is 0.553. The number of nitrogens with two attached hydrogens (primary N) is 4. The highest BCUT2D eigenvalue weighted by molar-refractivity contribution is 5.87. The number of carbonyl (C=O) groups excluding carboxylic acids is 1. The Morgan fingerprint density at radius 1 is 1.30 bits per heavy atom. The zero-order valence-electron chi connectivity index (χ0n) is 5.13. The van der Waals surface area contributed by atoms with Gasteiger partial charge >= 0.3 is 5.97 Å². The molecule has 6 heteroatoms. The second kappa shape index (κ2) is 1.61. The highest BCUT2D eigenvalue weighted by Crippen LogP contribution is 2.15. The summed E-state index contributed by atoms with van der Waals surface area (Å²) in [4.78, 5) is 10.6. The van der Waals surface area contributed by atoms with Crippen molar-refractivity contribution in [2.24, 2.45) is 22.9 Å². The monoisotopic (exact) mass is 144 g/mol. The van der Waals surface area contributed by atoms with Crippen molar-refractivity contribution in [3.8, 4) is 0 Å². The SMILES string of the molecule is NC1=C(N)C(N)(N)C(=O)O1. The zero-order chi connectivity index (χ0) is 7.94. The van der Waals surface area contributed by atoms with Crippen LogP contribution in [0.5, 0.6) is 0 Å². The van der Waals surface area contributed by atoms with Crippen LogP contribution in [0, 0.1) is 0 Å². The van der Waals surface area contributed by atoms with Crippen molar-refractivity contribution in [2.45, 2.75) is 5.66 Å². The summed E-state index contributed by atoms with van der Waals surface area (Å²) in [7, 11) is 0. The summed E-state index contributed by atoms with van der Waals surface area (Å²) >= 11 is 0. The number of hydrogen-bond acceptors (Lipinski definition) is 6. The molecule has 0 aliphatic carbocycles. The lowest BCUT2D eigenvalue weighted by atomic mass is 10.1. The van der Waals surface area contributed by atoms with Gasteiger partial charge in [-0.2, -0.15) is 0 Å². The van der Waals surface area contributed by atoms with Crippen molar-refractivity contribution in [1.82, 2.24) is 0 Å². The first-order chi connectivity index (χ1) is 4.46. The Morgan fingerprint density at radius 3 is 1.90 bits per heavy atom. The van der Waals surface area contributed by atoms with E-state index in [-0.39, 0.29) is 11.6 Å². The molecule has 0 spiro atoms. The maximum absolute atomic E-state index is 10.6. The molecule has 1 heterocycles. The van der Waals surface area contributed by atoms with Gasteiger partial charge in [0.15, 0.2) is 0 Å². The van der Waals surface area contributed by atoms with Crippen LogP contribution in [0.4, 0.5) is 0 Å². The van der Waals surface area contributed by atoms with Gasteiger partial charge in [0.25, 0.3) is 0 Å². The van der Waals surface area contributed by atoms with E-state index in [1.54, 1.807) is 0 Å². The van der Waals surface area contributed by atoms with E-state index >= 15 is 0 Å². The summed E-state index contributed by atoms with van der Waals surface area (Å²) < 4.78 is 4.33. The quantitative estimate of drug-likeness (QED) is 0.215. The zero-order valence-corrected chi connectivity index (χ0v) is 5.13. The van der Waals surface area contributed by atoms with E-state index < -0.39 is 11.6 Å². The predicted octanol–water partition coefficient (Wildman–Crippen LogP) is -2.76. The second-order valence-electron chi connectivity index (χ2n) is 2.04. The van der Waals surface area contributed by atoms with Gasteiger partial charge in [-0.1, -0.05) is 0 Å². The van der Waals surface area contributed by atoms with Gasteiger partial charge in [0.05, 0.1) is 0 Å². The Morgan fingerprint density at radius 2 is 1.80 bits per heavy atom. The molecule has 0 bridgehead atoms. The molecule has 0 saturated carbocycles. The summed E-state index contributed by atoms with van der Waals surface area (Å²) in [6.07, 6.45) is 0. The molecule has 56 valence electrons. The van der Waals surface area contributed by atoms with Gasteiger partial charge in [-0.05, 0) is 0 Å². The number of rotatable bonds is 0. The number of hydrogen-bond donors (Lipinski definition) is 4. The minimum Gasteiger partial charge on any atom is -0.405 e. The maximum atomic E-state index is 10.6. The molecule has 0 fully saturated rings. The molecular formula is C4H8N4O2. The molecule has 1 rings (SSSR count). The first-order valence-electron chi connectivity index (χ1n) is 2.52. The van der Waals surface area contributed by atoms with Crippen molar-refractivity contribution >= 4 is 5.97 Å². The average molecular weight is 144 g/mol. The molecule has 0 atom stereocenters. The topological polar surface area (TPSA) is 130 Å². The fraction of sp³-hybridized carbons (Fsp3) is 0.250. The third-order valence-electron chi connectivity index (χ3n) is 1.25. The van der Waals surface area contributed by atoms with Crippen molar-refractivity contribution in [3.05, 3.63) is 11.6 Å². The molecule has 1 aliphatic rings. The normalized spacial score (nSPS) is 23.2. The first kappa shape index (κ1) is 6.84. The largest absolute Gasteiger partial charge is 0.405 e. The highest BCUT2D eigenvalue weighted by Gasteiger charge is 2.43. The molecule has 8 N–H and O–H groups in total. The summed E-state index contributed by atoms with van der Waals surface area (Å²) in [6, 6.07) is 0. The van der Waals surface area contributed by atoms with Gasteiger partial charge in [-0.3, -0.25) is 11.5 Å². The molecule has 0 aromatic carbocycles. The third kappa shape index (κ3) is 0.630. The summed E-state index contributed by atoms with van der Waals surface area (Å²) in [6.45, 7) is 0. The van der Waals surface area contributed by atoms with Crippen LogP contribution in [0.1, 0.15) is 0 Å². The average Bonchev–Trinajstić information content (AvgIpc) is 1.97. The van der Waals surface area contributed by atoms with E-state index in [1.165, 1.54) is 0 Å². The summed E-state index contributed by atoms with van der Waals surface area (Å²) in [5, 5.41) is 0. The molecule has 1 aliphatic heterocycles. The van der Waals surface area contributed by atoms with Crippen molar-refractivity contribution in [2.75, 3.05) is 0 Å². The number of carbonyl (C=O) groups is 1. The van der Waals surface area contributed by atoms with E-state index in [0.717, 1.165) is 0 Å². The maximum Gasteiger partial charge on any atom is 0.354 e. The van der Waals surface area contributed by atoms with Gasteiger partial charge in [0.2, 0.25) is 11.5 Å². The van der Waals surface area contributed by atoms with E-state index in [0.29, 0.717) is 0 Å². The second-order valence-corrected chi connectivity index (χ2v) is 2.04. The molecule has 0 aromatic rings. The van der Waals surface area contributed by atoms with E-state index in [4.69, 9.17) is 22.9 Å². The lowest BCUT2D eigenvalue weighted by Crippen LogP contribution is -2.57. The third-order valence-corrected chi connectivity index (χ3v) is 1.25. The molecule has 0 unspecified atom stereocenters. The van der Waals surface area contributed by atoms with Gasteiger partial charge in [0.1, 0.15) is 5.70 Å². The van der Waals surface area contributed by atoms with Crippen molar-refractivity contribution in [1.29, 1.82) is 0 Å².